The second-order valence-corrected chi connectivity index (χ2v) is 4.37. The van der Waals surface area contributed by atoms with Crippen molar-refractivity contribution >= 4 is 11.8 Å². The van der Waals surface area contributed by atoms with Crippen LogP contribution in [0.2, 0.25) is 0 Å². The molecular formula is C13H17N3O2. The molecule has 5 nitrogen and oxygen atoms in total. The van der Waals surface area contributed by atoms with Crippen LogP contribution in [0.15, 0.2) is 24.5 Å². The quantitative estimate of drug-likeness (QED) is 0.596. The van der Waals surface area contributed by atoms with E-state index in [0.717, 1.165) is 24.4 Å². The lowest BCUT2D eigenvalue weighted by molar-refractivity contribution is -0.138. The standard InChI is InChI=1S/C13H17N3O2/c1-16(8-13(17)18-2)12-7-11(14-9-15-12)10-5-3-4-6-10/h3-4,7,9-10H,5-6,8H2,1-2H3. The van der Waals surface area contributed by atoms with E-state index in [9.17, 15) is 4.79 Å². The zero-order chi connectivity index (χ0) is 13.0. The van der Waals surface area contributed by atoms with Crippen LogP contribution < -0.4 is 4.90 Å². The molecule has 0 saturated carbocycles. The van der Waals surface area contributed by atoms with E-state index in [1.165, 1.54) is 7.11 Å². The number of nitrogens with zero attached hydrogens (tertiary/aromatic N) is 3. The summed E-state index contributed by atoms with van der Waals surface area (Å²) in [4.78, 5) is 21.5. The third kappa shape index (κ3) is 2.85. The molecule has 1 aliphatic carbocycles. The number of ether oxygens (including phenoxy) is 1. The average Bonchev–Trinajstić information content (AvgIpc) is 2.92. The van der Waals surface area contributed by atoms with Gasteiger partial charge in [-0.25, -0.2) is 9.97 Å². The van der Waals surface area contributed by atoms with Crippen molar-refractivity contribution in [2.45, 2.75) is 18.8 Å². The first-order valence-corrected chi connectivity index (χ1v) is 5.95. The molecule has 18 heavy (non-hydrogen) atoms. The van der Waals surface area contributed by atoms with Gasteiger partial charge in [-0.2, -0.15) is 0 Å². The first-order chi connectivity index (χ1) is 8.70. The first-order valence-electron chi connectivity index (χ1n) is 5.95. The molecule has 1 heterocycles. The van der Waals surface area contributed by atoms with Crippen molar-refractivity contribution < 1.29 is 9.53 Å². The van der Waals surface area contributed by atoms with Crippen LogP contribution in [0.25, 0.3) is 0 Å². The number of anilines is 1. The molecule has 2 rings (SSSR count). The first kappa shape index (κ1) is 12.5. The largest absolute Gasteiger partial charge is 0.468 e. The van der Waals surface area contributed by atoms with Crippen LogP contribution in [-0.4, -0.2) is 36.6 Å². The zero-order valence-corrected chi connectivity index (χ0v) is 10.7. The second kappa shape index (κ2) is 5.62. The van der Waals surface area contributed by atoms with E-state index in [0.29, 0.717) is 5.92 Å². The predicted molar refractivity (Wildman–Crippen MR) is 68.4 cm³/mol. The number of carbonyl (C=O) groups is 1. The fourth-order valence-electron chi connectivity index (χ4n) is 1.99. The van der Waals surface area contributed by atoms with E-state index in [1.54, 1.807) is 11.2 Å². The lowest BCUT2D eigenvalue weighted by atomic mass is 10.0. The maximum Gasteiger partial charge on any atom is 0.325 e. The summed E-state index contributed by atoms with van der Waals surface area (Å²) in [6, 6.07) is 1.95. The molecule has 0 atom stereocenters. The summed E-state index contributed by atoms with van der Waals surface area (Å²) in [6.45, 7) is 0.190. The van der Waals surface area contributed by atoms with Gasteiger partial charge in [-0.1, -0.05) is 12.2 Å². The number of rotatable bonds is 4. The Kier molecular flexibility index (Phi) is 3.92. The molecule has 1 aromatic heterocycles. The van der Waals surface area contributed by atoms with Gasteiger partial charge in [-0.15, -0.1) is 0 Å². The highest BCUT2D eigenvalue weighted by Crippen LogP contribution is 2.28. The topological polar surface area (TPSA) is 55.3 Å². The molecule has 0 aliphatic heterocycles. The van der Waals surface area contributed by atoms with Crippen LogP contribution >= 0.6 is 0 Å². The van der Waals surface area contributed by atoms with Gasteiger partial charge < -0.3 is 9.64 Å². The van der Waals surface area contributed by atoms with Crippen molar-refractivity contribution in [1.29, 1.82) is 0 Å². The SMILES string of the molecule is COC(=O)CN(C)c1cc(C2CC=CC2)ncn1. The molecule has 0 bridgehead atoms. The summed E-state index contributed by atoms with van der Waals surface area (Å²) in [6.07, 6.45) is 7.94. The van der Waals surface area contributed by atoms with Crippen molar-refractivity contribution in [1.82, 2.24) is 9.97 Å². The Balaban J connectivity index is 2.08. The second-order valence-electron chi connectivity index (χ2n) is 4.37. The third-order valence-corrected chi connectivity index (χ3v) is 3.08. The lowest BCUT2D eigenvalue weighted by Crippen LogP contribution is -2.27. The number of carbonyl (C=O) groups excluding carboxylic acids is 1. The highest BCUT2D eigenvalue weighted by atomic mass is 16.5. The minimum atomic E-state index is -0.278. The molecule has 1 aliphatic rings. The third-order valence-electron chi connectivity index (χ3n) is 3.08. The smallest absolute Gasteiger partial charge is 0.325 e. The van der Waals surface area contributed by atoms with Gasteiger partial charge in [0.2, 0.25) is 0 Å². The van der Waals surface area contributed by atoms with Crippen LogP contribution in [0, 0.1) is 0 Å². The number of allylic oxidation sites excluding steroid dienone is 2. The van der Waals surface area contributed by atoms with Crippen molar-refractivity contribution in [3.05, 3.63) is 30.2 Å². The molecule has 0 radical (unpaired) electrons. The summed E-state index contributed by atoms with van der Waals surface area (Å²) in [7, 11) is 3.20. The molecular weight excluding hydrogens is 230 g/mol. The molecule has 0 amide bonds. The van der Waals surface area contributed by atoms with Crippen LogP contribution in [0.3, 0.4) is 0 Å². The van der Waals surface area contributed by atoms with Crippen LogP contribution in [-0.2, 0) is 9.53 Å². The highest BCUT2D eigenvalue weighted by molar-refractivity contribution is 5.74. The summed E-state index contributed by atoms with van der Waals surface area (Å²) in [5.74, 6) is 0.913. The van der Waals surface area contributed by atoms with Crippen molar-refractivity contribution in [3.8, 4) is 0 Å². The molecule has 5 heteroatoms. The number of methoxy groups -OCH3 is 1. The molecule has 1 aromatic rings. The summed E-state index contributed by atoms with van der Waals surface area (Å²) < 4.78 is 4.64. The molecule has 0 N–H and O–H groups in total. The monoisotopic (exact) mass is 247 g/mol. The van der Waals surface area contributed by atoms with Gasteiger partial charge >= 0.3 is 5.97 Å². The lowest BCUT2D eigenvalue weighted by Gasteiger charge is -2.18. The van der Waals surface area contributed by atoms with E-state index < -0.39 is 0 Å². The highest BCUT2D eigenvalue weighted by Gasteiger charge is 2.16. The van der Waals surface area contributed by atoms with Gasteiger partial charge in [0.1, 0.15) is 18.7 Å². The molecule has 0 spiro atoms. The summed E-state index contributed by atoms with van der Waals surface area (Å²) in [5.41, 5.74) is 1.03. The number of esters is 1. The minimum Gasteiger partial charge on any atom is -0.468 e. The molecule has 96 valence electrons. The Hall–Kier alpha value is -1.91. The van der Waals surface area contributed by atoms with E-state index in [4.69, 9.17) is 0 Å². The van der Waals surface area contributed by atoms with Crippen molar-refractivity contribution in [3.63, 3.8) is 0 Å². The Labute approximate surface area is 106 Å². The fraction of sp³-hybridized carbons (Fsp3) is 0.462. The van der Waals surface area contributed by atoms with Crippen molar-refractivity contribution in [2.24, 2.45) is 0 Å². The Morgan fingerprint density at radius 3 is 2.83 bits per heavy atom. The van der Waals surface area contributed by atoms with Gasteiger partial charge in [0, 0.05) is 24.7 Å². The number of aromatic nitrogens is 2. The van der Waals surface area contributed by atoms with Crippen LogP contribution in [0.1, 0.15) is 24.5 Å². The Morgan fingerprint density at radius 2 is 2.17 bits per heavy atom. The van der Waals surface area contributed by atoms with Gasteiger partial charge in [-0.3, -0.25) is 4.79 Å². The summed E-state index contributed by atoms with van der Waals surface area (Å²) >= 11 is 0. The minimum absolute atomic E-state index is 0.190. The van der Waals surface area contributed by atoms with Crippen LogP contribution in [0.4, 0.5) is 5.82 Å². The van der Waals surface area contributed by atoms with Gasteiger partial charge in [0.25, 0.3) is 0 Å². The van der Waals surface area contributed by atoms with Gasteiger partial charge in [0.05, 0.1) is 7.11 Å². The number of hydrogen-bond acceptors (Lipinski definition) is 5. The van der Waals surface area contributed by atoms with Crippen molar-refractivity contribution in [2.75, 3.05) is 25.6 Å². The molecule has 0 unspecified atom stereocenters. The van der Waals surface area contributed by atoms with E-state index in [2.05, 4.69) is 26.9 Å². The molecule has 0 aromatic carbocycles. The van der Waals surface area contributed by atoms with Crippen LogP contribution in [0.5, 0.6) is 0 Å². The zero-order valence-electron chi connectivity index (χ0n) is 10.7. The fourth-order valence-corrected chi connectivity index (χ4v) is 1.99. The normalized spacial score (nSPS) is 14.8. The number of likely N-dealkylation sites (N-methyl/N-ethyl adjacent to an activating group) is 1. The summed E-state index contributed by atoms with van der Waals surface area (Å²) in [5, 5.41) is 0. The predicted octanol–water partition coefficient (Wildman–Crippen LogP) is 1.52. The van der Waals surface area contributed by atoms with Gasteiger partial charge in [-0.05, 0) is 12.8 Å². The maximum atomic E-state index is 11.2. The van der Waals surface area contributed by atoms with Gasteiger partial charge in [0.15, 0.2) is 0 Å². The van der Waals surface area contributed by atoms with E-state index in [-0.39, 0.29) is 12.5 Å². The van der Waals surface area contributed by atoms with E-state index in [1.807, 2.05) is 13.1 Å². The van der Waals surface area contributed by atoms with E-state index >= 15 is 0 Å². The number of hydrogen-bond donors (Lipinski definition) is 0. The molecule has 0 saturated heterocycles. The molecule has 0 fully saturated rings. The Morgan fingerprint density at radius 1 is 1.44 bits per heavy atom. The maximum absolute atomic E-state index is 11.2. The Bertz CT molecular complexity index is 451. The average molecular weight is 247 g/mol.